The van der Waals surface area contributed by atoms with Crippen molar-refractivity contribution in [1.82, 2.24) is 9.78 Å². The Labute approximate surface area is 125 Å². The molecule has 1 fully saturated rings. The summed E-state index contributed by atoms with van der Waals surface area (Å²) in [5, 5.41) is 4.77. The Kier molecular flexibility index (Phi) is 4.13. The average Bonchev–Trinajstić information content (AvgIpc) is 2.74. The summed E-state index contributed by atoms with van der Waals surface area (Å²) in [5.41, 5.74) is 8.72. The summed E-state index contributed by atoms with van der Waals surface area (Å²) < 4.78 is 7.50. The summed E-state index contributed by atoms with van der Waals surface area (Å²) in [5.74, 6) is 0.815. The summed E-state index contributed by atoms with van der Waals surface area (Å²) in [6.45, 7) is 0. The first kappa shape index (κ1) is 14.0. The van der Waals surface area contributed by atoms with Crippen molar-refractivity contribution in [3.8, 4) is 17.0 Å². The van der Waals surface area contributed by atoms with Crippen LogP contribution in [0.3, 0.4) is 0 Å². The molecule has 1 saturated carbocycles. The third-order valence-corrected chi connectivity index (χ3v) is 4.32. The SMILES string of the molecule is COc1ccccc1-c1nn(C2CCCCCC2)cc1N. The molecular formula is C17H23N3O. The Morgan fingerprint density at radius 2 is 1.86 bits per heavy atom. The van der Waals surface area contributed by atoms with Crippen LogP contribution in [-0.4, -0.2) is 16.9 Å². The van der Waals surface area contributed by atoms with Crippen LogP contribution in [0.25, 0.3) is 11.3 Å². The van der Waals surface area contributed by atoms with Gasteiger partial charge < -0.3 is 10.5 Å². The second-order valence-corrected chi connectivity index (χ2v) is 5.76. The molecule has 1 aromatic heterocycles. The van der Waals surface area contributed by atoms with Gasteiger partial charge in [-0.15, -0.1) is 0 Å². The van der Waals surface area contributed by atoms with Gasteiger partial charge in [0.2, 0.25) is 0 Å². The molecule has 0 atom stereocenters. The van der Waals surface area contributed by atoms with E-state index in [0.717, 1.165) is 22.7 Å². The van der Waals surface area contributed by atoms with Crippen molar-refractivity contribution < 1.29 is 4.74 Å². The van der Waals surface area contributed by atoms with Crippen LogP contribution in [0.4, 0.5) is 5.69 Å². The molecule has 3 rings (SSSR count). The molecule has 4 heteroatoms. The van der Waals surface area contributed by atoms with Crippen LogP contribution in [0.5, 0.6) is 5.75 Å². The minimum absolute atomic E-state index is 0.484. The first-order chi connectivity index (χ1) is 10.3. The van der Waals surface area contributed by atoms with Crippen LogP contribution in [0.2, 0.25) is 0 Å². The largest absolute Gasteiger partial charge is 0.496 e. The maximum absolute atomic E-state index is 6.20. The average molecular weight is 285 g/mol. The van der Waals surface area contributed by atoms with Gasteiger partial charge in [-0.05, 0) is 25.0 Å². The molecule has 1 aliphatic carbocycles. The zero-order chi connectivity index (χ0) is 14.7. The maximum atomic E-state index is 6.20. The number of aromatic nitrogens is 2. The molecule has 2 aromatic rings. The highest BCUT2D eigenvalue weighted by Gasteiger charge is 2.19. The molecule has 2 N–H and O–H groups in total. The van der Waals surface area contributed by atoms with Crippen molar-refractivity contribution in [1.29, 1.82) is 0 Å². The van der Waals surface area contributed by atoms with Gasteiger partial charge in [0.1, 0.15) is 11.4 Å². The van der Waals surface area contributed by atoms with E-state index < -0.39 is 0 Å². The van der Waals surface area contributed by atoms with Gasteiger partial charge in [0, 0.05) is 11.8 Å². The Morgan fingerprint density at radius 3 is 2.57 bits per heavy atom. The maximum Gasteiger partial charge on any atom is 0.128 e. The van der Waals surface area contributed by atoms with Gasteiger partial charge in [0.05, 0.1) is 18.8 Å². The minimum atomic E-state index is 0.484. The molecule has 4 nitrogen and oxygen atoms in total. The number of nitrogen functional groups attached to an aromatic ring is 1. The number of para-hydroxylation sites is 1. The quantitative estimate of drug-likeness (QED) is 0.866. The first-order valence-corrected chi connectivity index (χ1v) is 7.77. The lowest BCUT2D eigenvalue weighted by Crippen LogP contribution is -2.08. The second-order valence-electron chi connectivity index (χ2n) is 5.76. The van der Waals surface area contributed by atoms with Crippen LogP contribution in [0.15, 0.2) is 30.5 Å². The normalized spacial score (nSPS) is 16.6. The summed E-state index contributed by atoms with van der Waals surface area (Å²) >= 11 is 0. The highest BCUT2D eigenvalue weighted by molar-refractivity contribution is 5.76. The lowest BCUT2D eigenvalue weighted by atomic mass is 10.1. The van der Waals surface area contributed by atoms with E-state index in [1.807, 2.05) is 30.5 Å². The summed E-state index contributed by atoms with van der Waals surface area (Å²) in [4.78, 5) is 0. The van der Waals surface area contributed by atoms with E-state index in [-0.39, 0.29) is 0 Å². The van der Waals surface area contributed by atoms with Crippen LogP contribution in [0, 0.1) is 0 Å². The van der Waals surface area contributed by atoms with E-state index in [2.05, 4.69) is 4.68 Å². The van der Waals surface area contributed by atoms with E-state index in [4.69, 9.17) is 15.6 Å². The van der Waals surface area contributed by atoms with Crippen molar-refractivity contribution in [2.24, 2.45) is 0 Å². The number of benzene rings is 1. The highest BCUT2D eigenvalue weighted by atomic mass is 16.5. The smallest absolute Gasteiger partial charge is 0.128 e. The highest BCUT2D eigenvalue weighted by Crippen LogP contribution is 2.34. The molecule has 0 amide bonds. The van der Waals surface area contributed by atoms with Gasteiger partial charge in [-0.1, -0.05) is 37.8 Å². The third-order valence-electron chi connectivity index (χ3n) is 4.32. The number of nitrogens with two attached hydrogens (primary N) is 1. The molecule has 0 aliphatic heterocycles. The third kappa shape index (κ3) is 2.89. The van der Waals surface area contributed by atoms with Crippen molar-refractivity contribution in [3.05, 3.63) is 30.5 Å². The van der Waals surface area contributed by atoms with Crippen LogP contribution >= 0.6 is 0 Å². The fourth-order valence-corrected chi connectivity index (χ4v) is 3.16. The Morgan fingerprint density at radius 1 is 1.14 bits per heavy atom. The van der Waals surface area contributed by atoms with Gasteiger partial charge in [0.25, 0.3) is 0 Å². The van der Waals surface area contributed by atoms with Gasteiger partial charge >= 0.3 is 0 Å². The van der Waals surface area contributed by atoms with E-state index in [9.17, 15) is 0 Å². The fraction of sp³-hybridized carbons (Fsp3) is 0.471. The summed E-state index contributed by atoms with van der Waals surface area (Å²) in [6.07, 6.45) is 9.64. The zero-order valence-electron chi connectivity index (χ0n) is 12.6. The van der Waals surface area contributed by atoms with Crippen molar-refractivity contribution in [2.75, 3.05) is 12.8 Å². The summed E-state index contributed by atoms with van der Waals surface area (Å²) in [7, 11) is 1.68. The number of nitrogens with zero attached hydrogens (tertiary/aromatic N) is 2. The fourth-order valence-electron chi connectivity index (χ4n) is 3.16. The predicted octanol–water partition coefficient (Wildman–Crippen LogP) is 4.04. The van der Waals surface area contributed by atoms with Gasteiger partial charge in [-0.25, -0.2) is 0 Å². The Hall–Kier alpha value is -1.97. The molecule has 0 unspecified atom stereocenters. The molecule has 0 spiro atoms. The predicted molar refractivity (Wildman–Crippen MR) is 85.4 cm³/mol. The second kappa shape index (κ2) is 6.20. The van der Waals surface area contributed by atoms with Gasteiger partial charge in [-0.2, -0.15) is 5.10 Å². The number of ether oxygens (including phenoxy) is 1. The molecule has 0 saturated heterocycles. The van der Waals surface area contributed by atoms with Crippen LogP contribution in [0.1, 0.15) is 44.6 Å². The van der Waals surface area contributed by atoms with Gasteiger partial charge in [-0.3, -0.25) is 4.68 Å². The van der Waals surface area contributed by atoms with Crippen molar-refractivity contribution in [3.63, 3.8) is 0 Å². The number of hydrogen-bond donors (Lipinski definition) is 1. The van der Waals surface area contributed by atoms with Crippen molar-refractivity contribution in [2.45, 2.75) is 44.6 Å². The van der Waals surface area contributed by atoms with E-state index in [1.54, 1.807) is 7.11 Å². The zero-order valence-corrected chi connectivity index (χ0v) is 12.6. The Balaban J connectivity index is 1.93. The number of anilines is 1. The molecule has 0 bridgehead atoms. The molecule has 1 aromatic carbocycles. The Bertz CT molecular complexity index is 598. The van der Waals surface area contributed by atoms with Crippen LogP contribution in [-0.2, 0) is 0 Å². The molecule has 0 radical (unpaired) electrons. The first-order valence-electron chi connectivity index (χ1n) is 7.77. The number of hydrogen-bond acceptors (Lipinski definition) is 3. The standard InChI is InChI=1S/C17H23N3O/c1-21-16-11-7-6-10-14(16)17-15(18)12-20(19-17)13-8-4-2-3-5-9-13/h6-7,10-13H,2-5,8-9,18H2,1H3. The van der Waals surface area contributed by atoms with E-state index in [0.29, 0.717) is 6.04 Å². The van der Waals surface area contributed by atoms with Gasteiger partial charge in [0.15, 0.2) is 0 Å². The molecule has 21 heavy (non-hydrogen) atoms. The van der Waals surface area contributed by atoms with E-state index >= 15 is 0 Å². The van der Waals surface area contributed by atoms with Crippen LogP contribution < -0.4 is 10.5 Å². The van der Waals surface area contributed by atoms with Crippen molar-refractivity contribution >= 4 is 5.69 Å². The summed E-state index contributed by atoms with van der Waals surface area (Å²) in [6, 6.07) is 8.38. The number of methoxy groups -OCH3 is 1. The topological polar surface area (TPSA) is 53.1 Å². The lowest BCUT2D eigenvalue weighted by molar-refractivity contribution is 0.405. The molecule has 1 aliphatic rings. The molecule has 1 heterocycles. The molecule has 112 valence electrons. The number of rotatable bonds is 3. The molecular weight excluding hydrogens is 262 g/mol. The van der Waals surface area contributed by atoms with E-state index in [1.165, 1.54) is 38.5 Å². The lowest BCUT2D eigenvalue weighted by Gasteiger charge is -2.14. The monoisotopic (exact) mass is 285 g/mol. The minimum Gasteiger partial charge on any atom is -0.496 e.